The summed E-state index contributed by atoms with van der Waals surface area (Å²) in [6.07, 6.45) is -0.0282. The van der Waals surface area contributed by atoms with Crippen LogP contribution in [-0.2, 0) is 34.5 Å². The van der Waals surface area contributed by atoms with Gasteiger partial charge >= 0.3 is 5.97 Å². The molecule has 0 bridgehead atoms. The molecular formula is C19H21N3O5. The molecule has 1 unspecified atom stereocenters. The number of cyclic esters (lactones) is 1. The summed E-state index contributed by atoms with van der Waals surface area (Å²) in [6.45, 7) is 2.85. The molecule has 1 amide bonds. The minimum Gasteiger partial charge on any atom is -0.454 e. The van der Waals surface area contributed by atoms with Gasteiger partial charge in [0.1, 0.15) is 0 Å². The van der Waals surface area contributed by atoms with E-state index < -0.39 is 6.10 Å². The average Bonchev–Trinajstić information content (AvgIpc) is 3.34. The number of rotatable bonds is 5. The maximum atomic E-state index is 13.0. The van der Waals surface area contributed by atoms with Gasteiger partial charge in [-0.25, -0.2) is 0 Å². The van der Waals surface area contributed by atoms with Crippen molar-refractivity contribution in [2.75, 3.05) is 6.79 Å². The van der Waals surface area contributed by atoms with Crippen molar-refractivity contribution in [3.05, 3.63) is 41.2 Å². The Morgan fingerprint density at radius 2 is 2.07 bits per heavy atom. The first-order valence-electron chi connectivity index (χ1n) is 8.86. The SMILES string of the molecule is Cc1cc(CN(Cc2ccc3c(c2)OCO3)C(=O)C2CCC(=O)O2)n(C)n1. The summed E-state index contributed by atoms with van der Waals surface area (Å²) in [4.78, 5) is 26.2. The minimum absolute atomic E-state index is 0.197. The Kier molecular flexibility index (Phi) is 4.47. The number of nitrogens with zero attached hydrogens (tertiary/aromatic N) is 3. The summed E-state index contributed by atoms with van der Waals surface area (Å²) in [7, 11) is 1.85. The van der Waals surface area contributed by atoms with Crippen molar-refractivity contribution in [1.29, 1.82) is 0 Å². The number of hydrogen-bond acceptors (Lipinski definition) is 6. The second-order valence-corrected chi connectivity index (χ2v) is 6.80. The molecular weight excluding hydrogens is 350 g/mol. The van der Waals surface area contributed by atoms with E-state index in [1.807, 2.05) is 38.2 Å². The molecule has 0 aliphatic carbocycles. The van der Waals surface area contributed by atoms with Gasteiger partial charge in [-0.2, -0.15) is 5.10 Å². The predicted octanol–water partition coefficient (Wildman–Crippen LogP) is 1.69. The van der Waals surface area contributed by atoms with Crippen LogP contribution in [0.2, 0.25) is 0 Å². The summed E-state index contributed by atoms with van der Waals surface area (Å²) in [5.74, 6) is 0.845. The van der Waals surface area contributed by atoms with Crippen molar-refractivity contribution >= 4 is 11.9 Å². The highest BCUT2D eigenvalue weighted by atomic mass is 16.7. The maximum Gasteiger partial charge on any atom is 0.306 e. The number of aryl methyl sites for hydroxylation is 2. The zero-order valence-corrected chi connectivity index (χ0v) is 15.3. The lowest BCUT2D eigenvalue weighted by atomic mass is 10.1. The topological polar surface area (TPSA) is 82.9 Å². The van der Waals surface area contributed by atoms with Gasteiger partial charge in [0.2, 0.25) is 6.79 Å². The van der Waals surface area contributed by atoms with Crippen LogP contribution in [0.5, 0.6) is 11.5 Å². The van der Waals surface area contributed by atoms with Crippen molar-refractivity contribution in [2.45, 2.75) is 39.0 Å². The van der Waals surface area contributed by atoms with E-state index >= 15 is 0 Å². The van der Waals surface area contributed by atoms with E-state index in [-0.39, 0.29) is 25.1 Å². The van der Waals surface area contributed by atoms with Gasteiger partial charge in [-0.05, 0) is 30.7 Å². The Morgan fingerprint density at radius 1 is 1.26 bits per heavy atom. The molecule has 2 aromatic rings. The summed E-state index contributed by atoms with van der Waals surface area (Å²) in [5, 5.41) is 4.34. The van der Waals surface area contributed by atoms with Gasteiger partial charge in [0, 0.05) is 26.4 Å². The number of carbonyl (C=O) groups is 2. The first-order valence-corrected chi connectivity index (χ1v) is 8.86. The molecule has 8 heteroatoms. The molecule has 1 atom stereocenters. The number of fused-ring (bicyclic) bond motifs is 1. The van der Waals surface area contributed by atoms with E-state index in [0.717, 1.165) is 17.0 Å². The molecule has 2 aliphatic heterocycles. The third-order valence-corrected chi connectivity index (χ3v) is 4.73. The molecule has 27 heavy (non-hydrogen) atoms. The molecule has 1 aromatic carbocycles. The van der Waals surface area contributed by atoms with Gasteiger partial charge in [0.15, 0.2) is 17.6 Å². The lowest BCUT2D eigenvalue weighted by molar-refractivity contribution is -0.153. The zero-order valence-electron chi connectivity index (χ0n) is 15.3. The lowest BCUT2D eigenvalue weighted by Gasteiger charge is -2.25. The molecule has 142 valence electrons. The van der Waals surface area contributed by atoms with Gasteiger partial charge in [-0.15, -0.1) is 0 Å². The third kappa shape index (κ3) is 3.60. The number of benzene rings is 1. The van der Waals surface area contributed by atoms with E-state index in [9.17, 15) is 9.59 Å². The van der Waals surface area contributed by atoms with Crippen LogP contribution in [0.3, 0.4) is 0 Å². The standard InChI is InChI=1S/C19H21N3O5/c1-12-7-14(21(2)20-12)10-22(19(24)16-5-6-18(23)27-16)9-13-3-4-15-17(8-13)26-11-25-15/h3-4,7-8,16H,5-6,9-11H2,1-2H3. The van der Waals surface area contributed by atoms with Crippen LogP contribution < -0.4 is 9.47 Å². The second kappa shape index (κ2) is 6.94. The number of hydrogen-bond donors (Lipinski definition) is 0. The number of amides is 1. The van der Waals surface area contributed by atoms with Crippen LogP contribution in [0.4, 0.5) is 0 Å². The van der Waals surface area contributed by atoms with Gasteiger partial charge in [0.25, 0.3) is 5.91 Å². The molecule has 2 aliphatic rings. The van der Waals surface area contributed by atoms with Crippen LogP contribution in [0, 0.1) is 6.92 Å². The Morgan fingerprint density at radius 3 is 2.78 bits per heavy atom. The van der Waals surface area contributed by atoms with Crippen molar-refractivity contribution in [1.82, 2.24) is 14.7 Å². The van der Waals surface area contributed by atoms with Crippen molar-refractivity contribution in [2.24, 2.45) is 7.05 Å². The Bertz CT molecular complexity index is 891. The molecule has 3 heterocycles. The summed E-state index contributed by atoms with van der Waals surface area (Å²) >= 11 is 0. The van der Waals surface area contributed by atoms with E-state index in [2.05, 4.69) is 5.10 Å². The smallest absolute Gasteiger partial charge is 0.306 e. The summed E-state index contributed by atoms with van der Waals surface area (Å²) in [5.41, 5.74) is 2.71. The second-order valence-electron chi connectivity index (χ2n) is 6.80. The fourth-order valence-electron chi connectivity index (χ4n) is 3.38. The van der Waals surface area contributed by atoms with Gasteiger partial charge in [0.05, 0.1) is 17.9 Å². The molecule has 0 N–H and O–H groups in total. The third-order valence-electron chi connectivity index (χ3n) is 4.73. The van der Waals surface area contributed by atoms with Crippen molar-refractivity contribution in [3.8, 4) is 11.5 Å². The zero-order chi connectivity index (χ0) is 19.0. The molecule has 0 saturated carbocycles. The lowest BCUT2D eigenvalue weighted by Crippen LogP contribution is -2.38. The van der Waals surface area contributed by atoms with E-state index in [0.29, 0.717) is 31.0 Å². The fourth-order valence-corrected chi connectivity index (χ4v) is 3.38. The number of esters is 1. The number of carbonyl (C=O) groups excluding carboxylic acids is 2. The minimum atomic E-state index is -0.721. The van der Waals surface area contributed by atoms with Crippen molar-refractivity contribution in [3.63, 3.8) is 0 Å². The van der Waals surface area contributed by atoms with Gasteiger partial charge in [-0.3, -0.25) is 14.3 Å². The maximum absolute atomic E-state index is 13.0. The monoisotopic (exact) mass is 371 g/mol. The molecule has 0 spiro atoms. The highest BCUT2D eigenvalue weighted by Crippen LogP contribution is 2.33. The van der Waals surface area contributed by atoms with E-state index in [1.165, 1.54) is 0 Å². The molecule has 1 fully saturated rings. The molecule has 1 aromatic heterocycles. The molecule has 1 saturated heterocycles. The Labute approximate surface area is 156 Å². The van der Waals surface area contributed by atoms with Crippen molar-refractivity contribution < 1.29 is 23.8 Å². The quantitative estimate of drug-likeness (QED) is 0.744. The molecule has 0 radical (unpaired) electrons. The summed E-state index contributed by atoms with van der Waals surface area (Å²) < 4.78 is 17.7. The largest absolute Gasteiger partial charge is 0.454 e. The van der Waals surface area contributed by atoms with Crippen LogP contribution in [0.25, 0.3) is 0 Å². The first kappa shape index (κ1) is 17.4. The molecule has 8 nitrogen and oxygen atoms in total. The number of aromatic nitrogens is 2. The highest BCUT2D eigenvalue weighted by Gasteiger charge is 2.33. The van der Waals surface area contributed by atoms with E-state index in [4.69, 9.17) is 14.2 Å². The summed E-state index contributed by atoms with van der Waals surface area (Å²) in [6, 6.07) is 7.56. The van der Waals surface area contributed by atoms with E-state index in [1.54, 1.807) is 9.58 Å². The number of ether oxygens (including phenoxy) is 3. The van der Waals surface area contributed by atoms with Crippen LogP contribution in [0.1, 0.15) is 29.8 Å². The van der Waals surface area contributed by atoms with Crippen LogP contribution in [0.15, 0.2) is 24.3 Å². The highest BCUT2D eigenvalue weighted by molar-refractivity contribution is 5.86. The predicted molar refractivity (Wildman–Crippen MR) is 93.9 cm³/mol. The van der Waals surface area contributed by atoms with Crippen LogP contribution >= 0.6 is 0 Å². The molecule has 4 rings (SSSR count). The van der Waals surface area contributed by atoms with Gasteiger partial charge < -0.3 is 19.1 Å². The Balaban J connectivity index is 1.57. The van der Waals surface area contributed by atoms with Gasteiger partial charge in [-0.1, -0.05) is 6.07 Å². The Hall–Kier alpha value is -3.03. The first-order chi connectivity index (χ1) is 13.0. The normalized spacial score (nSPS) is 17.9. The fraction of sp³-hybridized carbons (Fsp3) is 0.421. The average molecular weight is 371 g/mol. The van der Waals surface area contributed by atoms with Crippen LogP contribution in [-0.4, -0.2) is 39.5 Å².